The third kappa shape index (κ3) is 5.59. The fraction of sp³-hybridized carbons (Fsp3) is 0.714. The molecule has 0 aliphatic carbocycles. The molecule has 3 nitrogen and oxygen atoms in total. The smallest absolute Gasteiger partial charge is 0.115 e. The minimum absolute atomic E-state index is 0.448. The van der Waals surface area contributed by atoms with E-state index in [1.807, 2.05) is 0 Å². The zero-order valence-corrected chi connectivity index (χ0v) is 6.55. The first-order chi connectivity index (χ1) is 4.81. The maximum atomic E-state index is 5.08. The lowest BCUT2D eigenvalue weighted by atomic mass is 10.6. The van der Waals surface area contributed by atoms with E-state index in [-0.39, 0.29) is 0 Å². The summed E-state index contributed by atoms with van der Waals surface area (Å²) < 4.78 is 14.6. The van der Waals surface area contributed by atoms with Gasteiger partial charge >= 0.3 is 0 Å². The second-order valence-corrected chi connectivity index (χ2v) is 1.81. The largest absolute Gasteiger partial charge is 0.494 e. The molecule has 0 aromatic heterocycles. The van der Waals surface area contributed by atoms with Gasteiger partial charge in [-0.25, -0.2) is 0 Å². The van der Waals surface area contributed by atoms with Gasteiger partial charge in [0.15, 0.2) is 0 Å². The standard InChI is InChI=1S/C7H14O3/c1-7(6-9-3)10-5-4-8-2/h1,4-6H2,2-3H3. The van der Waals surface area contributed by atoms with Crippen molar-refractivity contribution in [2.45, 2.75) is 0 Å². The predicted octanol–water partition coefficient (Wildman–Crippen LogP) is 0.809. The van der Waals surface area contributed by atoms with E-state index in [0.717, 1.165) is 0 Å². The Hall–Kier alpha value is -0.540. The Morgan fingerprint density at radius 1 is 1.20 bits per heavy atom. The van der Waals surface area contributed by atoms with E-state index in [1.54, 1.807) is 14.2 Å². The molecule has 0 amide bonds. The van der Waals surface area contributed by atoms with Gasteiger partial charge in [0.1, 0.15) is 19.0 Å². The van der Waals surface area contributed by atoms with E-state index < -0.39 is 0 Å². The molecule has 0 aromatic rings. The summed E-state index contributed by atoms with van der Waals surface area (Å²) in [6.45, 7) is 5.19. The first kappa shape index (κ1) is 9.46. The zero-order valence-electron chi connectivity index (χ0n) is 6.55. The van der Waals surface area contributed by atoms with Gasteiger partial charge in [0, 0.05) is 14.2 Å². The Morgan fingerprint density at radius 2 is 1.90 bits per heavy atom. The van der Waals surface area contributed by atoms with Crippen molar-refractivity contribution < 1.29 is 14.2 Å². The lowest BCUT2D eigenvalue weighted by Crippen LogP contribution is -2.04. The molecule has 0 rings (SSSR count). The average molecular weight is 146 g/mol. The molecule has 0 aliphatic rings. The molecule has 0 radical (unpaired) electrons. The number of hydrogen-bond acceptors (Lipinski definition) is 3. The highest BCUT2D eigenvalue weighted by Crippen LogP contribution is 1.92. The summed E-state index contributed by atoms with van der Waals surface area (Å²) in [5, 5.41) is 0. The van der Waals surface area contributed by atoms with Crippen molar-refractivity contribution in [3.05, 3.63) is 12.3 Å². The van der Waals surface area contributed by atoms with Gasteiger partial charge in [0.05, 0.1) is 6.61 Å². The van der Waals surface area contributed by atoms with Crippen molar-refractivity contribution in [3.63, 3.8) is 0 Å². The highest BCUT2D eigenvalue weighted by Gasteiger charge is 1.91. The Morgan fingerprint density at radius 3 is 2.40 bits per heavy atom. The molecule has 0 saturated heterocycles. The van der Waals surface area contributed by atoms with Gasteiger partial charge in [0.2, 0.25) is 0 Å². The Balaban J connectivity index is 3.05. The average Bonchev–Trinajstić information content (AvgIpc) is 1.89. The minimum Gasteiger partial charge on any atom is -0.494 e. The third-order valence-corrected chi connectivity index (χ3v) is 0.899. The zero-order chi connectivity index (χ0) is 7.82. The van der Waals surface area contributed by atoms with Gasteiger partial charge in [-0.3, -0.25) is 0 Å². The summed E-state index contributed by atoms with van der Waals surface area (Å²) >= 11 is 0. The molecule has 0 aliphatic heterocycles. The molecule has 0 bridgehead atoms. The van der Waals surface area contributed by atoms with Crippen molar-refractivity contribution in [2.75, 3.05) is 34.0 Å². The van der Waals surface area contributed by atoms with Crippen molar-refractivity contribution in [3.8, 4) is 0 Å². The second kappa shape index (κ2) is 6.58. The normalized spacial score (nSPS) is 9.40. The van der Waals surface area contributed by atoms with E-state index in [9.17, 15) is 0 Å². The molecule has 0 saturated carbocycles. The first-order valence-corrected chi connectivity index (χ1v) is 3.09. The van der Waals surface area contributed by atoms with Crippen LogP contribution in [-0.2, 0) is 14.2 Å². The van der Waals surface area contributed by atoms with E-state index in [2.05, 4.69) is 6.58 Å². The van der Waals surface area contributed by atoms with Crippen molar-refractivity contribution in [1.29, 1.82) is 0 Å². The SMILES string of the molecule is C=C(COC)OCCOC. The van der Waals surface area contributed by atoms with Gasteiger partial charge in [-0.2, -0.15) is 0 Å². The van der Waals surface area contributed by atoms with Crippen LogP contribution in [-0.4, -0.2) is 34.0 Å². The molecule has 0 unspecified atom stereocenters. The molecule has 10 heavy (non-hydrogen) atoms. The van der Waals surface area contributed by atoms with E-state index in [1.165, 1.54) is 0 Å². The van der Waals surface area contributed by atoms with Crippen LogP contribution in [0.5, 0.6) is 0 Å². The third-order valence-electron chi connectivity index (χ3n) is 0.899. The number of rotatable bonds is 6. The lowest BCUT2D eigenvalue weighted by Gasteiger charge is -2.06. The van der Waals surface area contributed by atoms with Gasteiger partial charge in [0.25, 0.3) is 0 Å². The highest BCUT2D eigenvalue weighted by atomic mass is 16.5. The first-order valence-electron chi connectivity index (χ1n) is 3.09. The minimum atomic E-state index is 0.448. The molecule has 0 spiro atoms. The molecule has 0 fully saturated rings. The Labute approximate surface area is 61.6 Å². The van der Waals surface area contributed by atoms with E-state index >= 15 is 0 Å². The second-order valence-electron chi connectivity index (χ2n) is 1.81. The molecule has 3 heteroatoms. The molecule has 60 valence electrons. The van der Waals surface area contributed by atoms with Crippen LogP contribution in [0.25, 0.3) is 0 Å². The highest BCUT2D eigenvalue weighted by molar-refractivity contribution is 4.81. The van der Waals surface area contributed by atoms with Crippen LogP contribution in [0.1, 0.15) is 0 Å². The maximum absolute atomic E-state index is 5.08. The van der Waals surface area contributed by atoms with E-state index in [0.29, 0.717) is 25.6 Å². The van der Waals surface area contributed by atoms with E-state index in [4.69, 9.17) is 14.2 Å². The van der Waals surface area contributed by atoms with Gasteiger partial charge in [-0.15, -0.1) is 0 Å². The lowest BCUT2D eigenvalue weighted by molar-refractivity contribution is 0.0845. The van der Waals surface area contributed by atoms with Gasteiger partial charge < -0.3 is 14.2 Å². The summed E-state index contributed by atoms with van der Waals surface area (Å²) in [6.07, 6.45) is 0. The van der Waals surface area contributed by atoms with Crippen LogP contribution in [0, 0.1) is 0 Å². The maximum Gasteiger partial charge on any atom is 0.115 e. The molecule has 0 heterocycles. The number of methoxy groups -OCH3 is 2. The summed E-state index contributed by atoms with van der Waals surface area (Å²) in [4.78, 5) is 0. The molecule has 0 N–H and O–H groups in total. The topological polar surface area (TPSA) is 27.7 Å². The monoisotopic (exact) mass is 146 g/mol. The van der Waals surface area contributed by atoms with Crippen LogP contribution in [0.3, 0.4) is 0 Å². The summed E-state index contributed by atoms with van der Waals surface area (Å²) in [6, 6.07) is 0. The molecular formula is C7H14O3. The van der Waals surface area contributed by atoms with Crippen LogP contribution in [0.4, 0.5) is 0 Å². The van der Waals surface area contributed by atoms with Gasteiger partial charge in [-0.1, -0.05) is 6.58 Å². The van der Waals surface area contributed by atoms with Crippen LogP contribution < -0.4 is 0 Å². The van der Waals surface area contributed by atoms with Crippen LogP contribution in [0.2, 0.25) is 0 Å². The number of hydrogen-bond donors (Lipinski definition) is 0. The van der Waals surface area contributed by atoms with Crippen molar-refractivity contribution in [2.24, 2.45) is 0 Å². The summed E-state index contributed by atoms with van der Waals surface area (Å²) in [5.74, 6) is 0.638. The van der Waals surface area contributed by atoms with Crippen LogP contribution in [0.15, 0.2) is 12.3 Å². The van der Waals surface area contributed by atoms with Gasteiger partial charge in [-0.05, 0) is 0 Å². The summed E-state index contributed by atoms with van der Waals surface area (Å²) in [5.41, 5.74) is 0. The summed E-state index contributed by atoms with van der Waals surface area (Å²) in [7, 11) is 3.23. The van der Waals surface area contributed by atoms with Crippen LogP contribution >= 0.6 is 0 Å². The predicted molar refractivity (Wildman–Crippen MR) is 38.8 cm³/mol. The van der Waals surface area contributed by atoms with Crippen molar-refractivity contribution >= 4 is 0 Å². The Bertz CT molecular complexity index is 90.9. The number of ether oxygens (including phenoxy) is 3. The molecule has 0 atom stereocenters. The van der Waals surface area contributed by atoms with Crippen molar-refractivity contribution in [1.82, 2.24) is 0 Å². The Kier molecular flexibility index (Phi) is 6.22. The quantitative estimate of drug-likeness (QED) is 0.410. The fourth-order valence-electron chi connectivity index (χ4n) is 0.472. The fourth-order valence-corrected chi connectivity index (χ4v) is 0.472. The molecular weight excluding hydrogens is 132 g/mol. The molecule has 0 aromatic carbocycles.